The van der Waals surface area contributed by atoms with Crippen LogP contribution in [0.4, 0.5) is 0 Å². The average Bonchev–Trinajstić information content (AvgIpc) is 2.66. The Bertz CT molecular complexity index is 827. The molecule has 1 amide bonds. The van der Waals surface area contributed by atoms with Crippen LogP contribution in [-0.2, 0) is 11.2 Å². The number of carbonyl (C=O) groups is 1. The molecule has 0 aromatic heterocycles. The molecule has 2 aromatic rings. The fraction of sp³-hybridized carbons (Fsp3) is 0.143. The van der Waals surface area contributed by atoms with Crippen molar-refractivity contribution in [1.29, 1.82) is 5.26 Å². The molecule has 0 saturated carbocycles. The van der Waals surface area contributed by atoms with E-state index in [1.54, 1.807) is 24.3 Å². The molecule has 0 aliphatic rings. The molecule has 0 bridgehead atoms. The van der Waals surface area contributed by atoms with E-state index in [2.05, 4.69) is 11.2 Å². The Kier molecular flexibility index (Phi) is 6.85. The van der Waals surface area contributed by atoms with Gasteiger partial charge in [0, 0.05) is 12.1 Å². The second kappa shape index (κ2) is 9.60. The van der Waals surface area contributed by atoms with Crippen LogP contribution in [0.15, 0.2) is 60.2 Å². The van der Waals surface area contributed by atoms with Gasteiger partial charge in [0.05, 0.1) is 0 Å². The highest BCUT2D eigenvalue weighted by molar-refractivity contribution is 6.01. The van der Waals surface area contributed by atoms with Gasteiger partial charge in [-0.15, -0.1) is 6.42 Å². The number of rotatable bonds is 7. The molecule has 0 aliphatic heterocycles. The highest BCUT2D eigenvalue weighted by Crippen LogP contribution is 2.20. The van der Waals surface area contributed by atoms with Crippen LogP contribution in [-0.4, -0.2) is 19.1 Å². The Morgan fingerprint density at radius 3 is 2.60 bits per heavy atom. The number of nitrogens with zero attached hydrogens (tertiary/aromatic N) is 1. The summed E-state index contributed by atoms with van der Waals surface area (Å²) in [5.74, 6) is 2.51. The maximum Gasteiger partial charge on any atom is 0.261 e. The van der Waals surface area contributed by atoms with E-state index in [9.17, 15) is 10.1 Å². The number of ether oxygens (including phenoxy) is 1. The van der Waals surface area contributed by atoms with Gasteiger partial charge in [0.1, 0.15) is 24.0 Å². The third kappa shape index (κ3) is 5.57. The zero-order chi connectivity index (χ0) is 17.9. The summed E-state index contributed by atoms with van der Waals surface area (Å²) in [4.78, 5) is 12.2. The van der Waals surface area contributed by atoms with Crippen molar-refractivity contribution in [2.45, 2.75) is 6.42 Å². The summed E-state index contributed by atoms with van der Waals surface area (Å²) >= 11 is 0. The van der Waals surface area contributed by atoms with Crippen molar-refractivity contribution >= 4 is 12.0 Å². The lowest BCUT2D eigenvalue weighted by Gasteiger charge is -2.07. The highest BCUT2D eigenvalue weighted by atomic mass is 16.5. The Labute approximate surface area is 147 Å². The van der Waals surface area contributed by atoms with E-state index in [0.717, 1.165) is 5.56 Å². The van der Waals surface area contributed by atoms with Crippen molar-refractivity contribution in [1.82, 2.24) is 5.32 Å². The number of amides is 1. The fourth-order valence-corrected chi connectivity index (χ4v) is 2.22. The molecule has 4 heteroatoms. The second-order valence-corrected chi connectivity index (χ2v) is 5.19. The van der Waals surface area contributed by atoms with E-state index in [1.165, 1.54) is 6.08 Å². The number of nitrogens with one attached hydrogen (secondary N) is 1. The van der Waals surface area contributed by atoms with Gasteiger partial charge in [-0.1, -0.05) is 54.5 Å². The van der Waals surface area contributed by atoms with Crippen LogP contribution in [0.1, 0.15) is 11.1 Å². The largest absolute Gasteiger partial charge is 0.480 e. The molecule has 0 saturated heterocycles. The summed E-state index contributed by atoms with van der Waals surface area (Å²) in [7, 11) is 0. The van der Waals surface area contributed by atoms with Gasteiger partial charge in [0.2, 0.25) is 0 Å². The summed E-state index contributed by atoms with van der Waals surface area (Å²) in [5, 5.41) is 12.1. The predicted octanol–water partition coefficient (Wildman–Crippen LogP) is 2.96. The smallest absolute Gasteiger partial charge is 0.261 e. The van der Waals surface area contributed by atoms with Crippen molar-refractivity contribution in [3.8, 4) is 24.2 Å². The van der Waals surface area contributed by atoms with Crippen molar-refractivity contribution in [3.05, 3.63) is 71.3 Å². The zero-order valence-electron chi connectivity index (χ0n) is 13.7. The number of hydrogen-bond donors (Lipinski definition) is 1. The van der Waals surface area contributed by atoms with Crippen LogP contribution < -0.4 is 10.1 Å². The predicted molar refractivity (Wildman–Crippen MR) is 97.5 cm³/mol. The SMILES string of the molecule is C#CCOc1ccccc1/C=C(\C#N)C(=O)NCCc1ccccc1. The summed E-state index contributed by atoms with van der Waals surface area (Å²) in [5.41, 5.74) is 1.77. The van der Waals surface area contributed by atoms with Crippen LogP contribution >= 0.6 is 0 Å². The first-order valence-corrected chi connectivity index (χ1v) is 7.84. The monoisotopic (exact) mass is 330 g/mol. The maximum atomic E-state index is 12.2. The van der Waals surface area contributed by atoms with E-state index in [0.29, 0.717) is 24.3 Å². The topological polar surface area (TPSA) is 62.1 Å². The highest BCUT2D eigenvalue weighted by Gasteiger charge is 2.10. The third-order valence-electron chi connectivity index (χ3n) is 3.44. The van der Waals surface area contributed by atoms with Crippen LogP contribution in [0, 0.1) is 23.7 Å². The Balaban J connectivity index is 2.03. The minimum Gasteiger partial charge on any atom is -0.480 e. The van der Waals surface area contributed by atoms with E-state index in [4.69, 9.17) is 11.2 Å². The molecule has 25 heavy (non-hydrogen) atoms. The minimum atomic E-state index is -0.412. The number of terminal acetylenes is 1. The van der Waals surface area contributed by atoms with E-state index < -0.39 is 5.91 Å². The van der Waals surface area contributed by atoms with Gasteiger partial charge >= 0.3 is 0 Å². The van der Waals surface area contributed by atoms with Crippen molar-refractivity contribution < 1.29 is 9.53 Å². The lowest BCUT2D eigenvalue weighted by Crippen LogP contribution is -2.26. The maximum absolute atomic E-state index is 12.2. The van der Waals surface area contributed by atoms with E-state index >= 15 is 0 Å². The normalized spacial score (nSPS) is 10.4. The lowest BCUT2D eigenvalue weighted by molar-refractivity contribution is -0.117. The van der Waals surface area contributed by atoms with Crippen LogP contribution in [0.3, 0.4) is 0 Å². The summed E-state index contributed by atoms with van der Waals surface area (Å²) in [6, 6.07) is 18.9. The van der Waals surface area contributed by atoms with Gasteiger partial charge in [0.15, 0.2) is 0 Å². The first-order chi connectivity index (χ1) is 12.2. The minimum absolute atomic E-state index is 0.0184. The number of para-hydroxylation sites is 1. The molecular formula is C21H18N2O2. The fourth-order valence-electron chi connectivity index (χ4n) is 2.22. The van der Waals surface area contributed by atoms with Gasteiger partial charge in [-0.05, 0) is 24.1 Å². The Morgan fingerprint density at radius 2 is 1.88 bits per heavy atom. The first kappa shape index (κ1) is 17.8. The molecule has 0 spiro atoms. The van der Waals surface area contributed by atoms with Gasteiger partial charge in [0.25, 0.3) is 5.91 Å². The molecule has 0 radical (unpaired) electrons. The molecule has 1 N–H and O–H groups in total. The molecular weight excluding hydrogens is 312 g/mol. The van der Waals surface area contributed by atoms with Gasteiger partial charge < -0.3 is 10.1 Å². The number of carbonyl (C=O) groups excluding carboxylic acids is 1. The molecule has 0 atom stereocenters. The number of nitriles is 1. The molecule has 0 heterocycles. The summed E-state index contributed by atoms with van der Waals surface area (Å²) in [6.07, 6.45) is 7.40. The standard InChI is InChI=1S/C21H18N2O2/c1-2-14-25-20-11-7-6-10-18(20)15-19(16-22)21(24)23-13-12-17-8-4-3-5-9-17/h1,3-11,15H,12-14H2,(H,23,24)/b19-15+. The molecule has 2 aromatic carbocycles. The molecule has 124 valence electrons. The van der Waals surface area contributed by atoms with Crippen LogP contribution in [0.25, 0.3) is 6.08 Å². The lowest BCUT2D eigenvalue weighted by atomic mass is 10.1. The van der Waals surface area contributed by atoms with E-state index in [1.807, 2.05) is 36.4 Å². The molecule has 2 rings (SSSR count). The summed E-state index contributed by atoms with van der Waals surface area (Å²) < 4.78 is 5.43. The summed E-state index contributed by atoms with van der Waals surface area (Å²) in [6.45, 7) is 0.577. The number of hydrogen-bond acceptors (Lipinski definition) is 3. The molecule has 0 fully saturated rings. The van der Waals surface area contributed by atoms with Crippen LogP contribution in [0.5, 0.6) is 5.75 Å². The average molecular weight is 330 g/mol. The van der Waals surface area contributed by atoms with Crippen molar-refractivity contribution in [3.63, 3.8) is 0 Å². The first-order valence-electron chi connectivity index (χ1n) is 7.84. The van der Waals surface area contributed by atoms with Crippen molar-refractivity contribution in [2.24, 2.45) is 0 Å². The van der Waals surface area contributed by atoms with E-state index in [-0.39, 0.29) is 12.2 Å². The molecule has 0 aliphatic carbocycles. The Hall–Kier alpha value is -3.50. The quantitative estimate of drug-likeness (QED) is 0.482. The van der Waals surface area contributed by atoms with Gasteiger partial charge in [-0.25, -0.2) is 0 Å². The Morgan fingerprint density at radius 1 is 1.16 bits per heavy atom. The number of benzene rings is 2. The van der Waals surface area contributed by atoms with Crippen LogP contribution in [0.2, 0.25) is 0 Å². The van der Waals surface area contributed by atoms with Gasteiger partial charge in [-0.2, -0.15) is 5.26 Å². The van der Waals surface area contributed by atoms with Gasteiger partial charge in [-0.3, -0.25) is 4.79 Å². The second-order valence-electron chi connectivity index (χ2n) is 5.19. The molecule has 0 unspecified atom stereocenters. The van der Waals surface area contributed by atoms with Crippen molar-refractivity contribution in [2.75, 3.05) is 13.2 Å². The third-order valence-corrected chi connectivity index (χ3v) is 3.44. The zero-order valence-corrected chi connectivity index (χ0v) is 13.7. The molecule has 4 nitrogen and oxygen atoms in total.